The number of nitrogens with zero attached hydrogens (tertiary/aromatic N) is 1. The highest BCUT2D eigenvalue weighted by atomic mass is 32.1. The predicted octanol–water partition coefficient (Wildman–Crippen LogP) is 2.96. The zero-order valence-electron chi connectivity index (χ0n) is 8.40. The van der Waals surface area contributed by atoms with Crippen LogP contribution < -0.4 is 0 Å². The molecule has 0 saturated carbocycles. The number of carbonyl (C=O) groups is 1. The molecule has 0 aliphatic carbocycles. The molecule has 0 fully saturated rings. The highest BCUT2D eigenvalue weighted by molar-refractivity contribution is 7.11. The predicted molar refractivity (Wildman–Crippen MR) is 59.2 cm³/mol. The molecule has 2 aromatic rings. The summed E-state index contributed by atoms with van der Waals surface area (Å²) in [5, 5.41) is 10.3. The summed E-state index contributed by atoms with van der Waals surface area (Å²) >= 11 is 1.03. The molecule has 0 aliphatic heterocycles. The van der Waals surface area contributed by atoms with Gasteiger partial charge in [-0.3, -0.25) is 0 Å². The molecular formula is C11H8FNO2S. The van der Waals surface area contributed by atoms with Crippen LogP contribution in [0.25, 0.3) is 11.3 Å². The Balaban J connectivity index is 2.42. The number of carboxylic acids is 1. The molecule has 0 spiro atoms. The number of thiazole rings is 1. The highest BCUT2D eigenvalue weighted by Crippen LogP contribution is 2.23. The van der Waals surface area contributed by atoms with E-state index in [0.29, 0.717) is 16.8 Å². The number of benzene rings is 1. The lowest BCUT2D eigenvalue weighted by molar-refractivity contribution is 0.0696. The molecule has 0 bridgehead atoms. The first-order valence-corrected chi connectivity index (χ1v) is 5.41. The van der Waals surface area contributed by atoms with Gasteiger partial charge >= 0.3 is 5.97 Å². The minimum absolute atomic E-state index is 0.0102. The van der Waals surface area contributed by atoms with E-state index in [4.69, 9.17) is 5.11 Å². The minimum Gasteiger partial charge on any atom is -0.476 e. The fourth-order valence-corrected chi connectivity index (χ4v) is 1.92. The van der Waals surface area contributed by atoms with E-state index in [1.165, 1.54) is 6.07 Å². The van der Waals surface area contributed by atoms with Gasteiger partial charge in [-0.1, -0.05) is 12.1 Å². The summed E-state index contributed by atoms with van der Waals surface area (Å²) < 4.78 is 13.3. The lowest BCUT2D eigenvalue weighted by atomic mass is 10.1. The number of aryl methyl sites for hydroxylation is 1. The van der Waals surface area contributed by atoms with Gasteiger partial charge in [0.1, 0.15) is 5.82 Å². The van der Waals surface area contributed by atoms with Crippen molar-refractivity contribution in [2.45, 2.75) is 6.92 Å². The second kappa shape index (κ2) is 4.02. The Bertz CT molecular complexity index is 551. The van der Waals surface area contributed by atoms with E-state index < -0.39 is 5.97 Å². The summed E-state index contributed by atoms with van der Waals surface area (Å²) in [6.07, 6.45) is 0. The molecule has 2 rings (SSSR count). The Hall–Kier alpha value is -1.75. The number of hydrogen-bond acceptors (Lipinski definition) is 3. The van der Waals surface area contributed by atoms with Crippen LogP contribution >= 0.6 is 11.3 Å². The van der Waals surface area contributed by atoms with Crippen molar-refractivity contribution in [1.29, 1.82) is 0 Å². The monoisotopic (exact) mass is 237 g/mol. The molecule has 0 saturated heterocycles. The minimum atomic E-state index is -1.07. The summed E-state index contributed by atoms with van der Waals surface area (Å²) in [6, 6.07) is 4.72. The molecule has 0 aliphatic rings. The molecule has 0 radical (unpaired) electrons. The third kappa shape index (κ3) is 1.94. The average Bonchev–Trinajstić information content (AvgIpc) is 2.71. The summed E-state index contributed by atoms with van der Waals surface area (Å²) in [6.45, 7) is 1.67. The third-order valence-corrected chi connectivity index (χ3v) is 2.99. The van der Waals surface area contributed by atoms with Gasteiger partial charge in [-0.15, -0.1) is 11.3 Å². The first-order valence-electron chi connectivity index (χ1n) is 4.53. The lowest BCUT2D eigenvalue weighted by Crippen LogP contribution is -1.94. The Kier molecular flexibility index (Phi) is 2.70. The van der Waals surface area contributed by atoms with Crippen LogP contribution in [0.4, 0.5) is 4.39 Å². The van der Waals surface area contributed by atoms with Crippen LogP contribution in [0.2, 0.25) is 0 Å². The summed E-state index contributed by atoms with van der Waals surface area (Å²) in [5.74, 6) is -1.38. The highest BCUT2D eigenvalue weighted by Gasteiger charge is 2.11. The molecule has 1 N–H and O–H groups in total. The zero-order chi connectivity index (χ0) is 11.7. The maximum atomic E-state index is 13.3. The van der Waals surface area contributed by atoms with Gasteiger partial charge in [0.05, 0.1) is 5.69 Å². The summed E-state index contributed by atoms with van der Waals surface area (Å²) in [5.41, 5.74) is 1.63. The van der Waals surface area contributed by atoms with Crippen LogP contribution in [0.5, 0.6) is 0 Å². The zero-order valence-corrected chi connectivity index (χ0v) is 9.21. The van der Waals surface area contributed by atoms with Crippen LogP contribution in [0.15, 0.2) is 23.6 Å². The number of hydrogen-bond donors (Lipinski definition) is 1. The van der Waals surface area contributed by atoms with Crippen molar-refractivity contribution in [3.63, 3.8) is 0 Å². The number of aromatic nitrogens is 1. The molecule has 5 heteroatoms. The van der Waals surface area contributed by atoms with E-state index in [2.05, 4.69) is 4.98 Å². The number of carboxylic acid groups (broad SMARTS) is 1. The van der Waals surface area contributed by atoms with Gasteiger partial charge in [0.25, 0.3) is 0 Å². The van der Waals surface area contributed by atoms with Gasteiger partial charge < -0.3 is 5.11 Å². The smallest absolute Gasteiger partial charge is 0.365 e. The topological polar surface area (TPSA) is 50.2 Å². The Labute approximate surface area is 95.2 Å². The third-order valence-electron chi connectivity index (χ3n) is 2.15. The molecular weight excluding hydrogens is 229 g/mol. The number of rotatable bonds is 2. The molecule has 1 aromatic carbocycles. The first-order chi connectivity index (χ1) is 7.58. The lowest BCUT2D eigenvalue weighted by Gasteiger charge is -1.99. The van der Waals surface area contributed by atoms with Gasteiger partial charge in [-0.2, -0.15) is 0 Å². The van der Waals surface area contributed by atoms with E-state index >= 15 is 0 Å². The number of aromatic carboxylic acids is 1. The molecule has 1 aromatic heterocycles. The normalized spacial score (nSPS) is 10.4. The van der Waals surface area contributed by atoms with Crippen LogP contribution in [-0.2, 0) is 0 Å². The van der Waals surface area contributed by atoms with Crippen LogP contribution in [-0.4, -0.2) is 16.1 Å². The van der Waals surface area contributed by atoms with Gasteiger partial charge in [0.2, 0.25) is 5.01 Å². The van der Waals surface area contributed by atoms with E-state index in [9.17, 15) is 9.18 Å². The first kappa shape index (κ1) is 10.8. The van der Waals surface area contributed by atoms with Gasteiger partial charge in [-0.05, 0) is 18.6 Å². The molecule has 0 amide bonds. The SMILES string of the molecule is Cc1ccc(-c2csc(C(=O)O)n2)cc1F. The Morgan fingerprint density at radius 3 is 2.81 bits per heavy atom. The van der Waals surface area contributed by atoms with E-state index in [-0.39, 0.29) is 10.8 Å². The van der Waals surface area contributed by atoms with Crippen molar-refractivity contribution >= 4 is 17.3 Å². The molecule has 82 valence electrons. The molecule has 0 unspecified atom stereocenters. The van der Waals surface area contributed by atoms with Crippen molar-refractivity contribution in [3.05, 3.63) is 40.0 Å². The van der Waals surface area contributed by atoms with Gasteiger partial charge in [0.15, 0.2) is 0 Å². The fraction of sp³-hybridized carbons (Fsp3) is 0.0909. The van der Waals surface area contributed by atoms with E-state index in [0.717, 1.165) is 11.3 Å². The quantitative estimate of drug-likeness (QED) is 0.873. The summed E-state index contributed by atoms with van der Waals surface area (Å²) in [7, 11) is 0. The van der Waals surface area contributed by atoms with Crippen molar-refractivity contribution in [1.82, 2.24) is 4.98 Å². The van der Waals surface area contributed by atoms with Crippen molar-refractivity contribution in [2.75, 3.05) is 0 Å². The largest absolute Gasteiger partial charge is 0.476 e. The molecule has 0 atom stereocenters. The molecule has 16 heavy (non-hydrogen) atoms. The van der Waals surface area contributed by atoms with Crippen LogP contribution in [0.1, 0.15) is 15.4 Å². The van der Waals surface area contributed by atoms with Crippen molar-refractivity contribution in [3.8, 4) is 11.3 Å². The van der Waals surface area contributed by atoms with Crippen LogP contribution in [0, 0.1) is 12.7 Å². The maximum absolute atomic E-state index is 13.3. The van der Waals surface area contributed by atoms with E-state index in [1.54, 1.807) is 24.4 Å². The Morgan fingerprint density at radius 1 is 1.50 bits per heavy atom. The van der Waals surface area contributed by atoms with Crippen LogP contribution in [0.3, 0.4) is 0 Å². The fourth-order valence-electron chi connectivity index (χ4n) is 1.26. The molecule has 3 nitrogen and oxygen atoms in total. The van der Waals surface area contributed by atoms with Gasteiger partial charge in [-0.25, -0.2) is 14.2 Å². The van der Waals surface area contributed by atoms with E-state index in [1.807, 2.05) is 0 Å². The molecule has 1 heterocycles. The average molecular weight is 237 g/mol. The number of halogens is 1. The Morgan fingerprint density at radius 2 is 2.25 bits per heavy atom. The maximum Gasteiger partial charge on any atom is 0.365 e. The summed E-state index contributed by atoms with van der Waals surface area (Å²) in [4.78, 5) is 14.5. The standard InChI is InChI=1S/C11H8FNO2S/c1-6-2-3-7(4-8(6)12)9-5-16-10(13-9)11(14)15/h2-5H,1H3,(H,14,15). The van der Waals surface area contributed by atoms with Crippen molar-refractivity contribution in [2.24, 2.45) is 0 Å². The van der Waals surface area contributed by atoms with Gasteiger partial charge in [0, 0.05) is 10.9 Å². The second-order valence-electron chi connectivity index (χ2n) is 3.31. The van der Waals surface area contributed by atoms with Crippen molar-refractivity contribution < 1.29 is 14.3 Å². The second-order valence-corrected chi connectivity index (χ2v) is 4.17.